The number of amidine groups is 1. The summed E-state index contributed by atoms with van der Waals surface area (Å²) < 4.78 is 11.9. The lowest BCUT2D eigenvalue weighted by atomic mass is 9.79. The molecular formula is C59H35N3OS. The number of hydrogen-bond acceptors (Lipinski definition) is 4. The highest BCUT2D eigenvalue weighted by Crippen LogP contribution is 2.46. The first kappa shape index (κ1) is 34.7. The summed E-state index contributed by atoms with van der Waals surface area (Å²) >= 11 is 1.84. The minimum atomic E-state index is -0.214. The number of fused-ring (bicyclic) bond motifs is 17. The number of furan rings is 1. The van der Waals surface area contributed by atoms with Crippen LogP contribution in [0.2, 0.25) is 0 Å². The third kappa shape index (κ3) is 4.93. The SMILES string of the molecule is c1ccc2cc3c(cc2c1)oc1cc2c(cc13)C1=NC(c3ccc4c(c3)sc3ccccc34)=NC(c3cccc4ccccc34)C1Cc1ccc3c4cc5ccccc5cc4n-2c3c1. The third-order valence-corrected chi connectivity index (χ3v) is 15.3. The highest BCUT2D eigenvalue weighted by molar-refractivity contribution is 7.25. The van der Waals surface area contributed by atoms with E-state index in [1.807, 2.05) is 11.3 Å². The Kier molecular flexibility index (Phi) is 6.97. The van der Waals surface area contributed by atoms with Gasteiger partial charge in [-0.2, -0.15) is 0 Å². The van der Waals surface area contributed by atoms with E-state index in [-0.39, 0.29) is 12.0 Å². The van der Waals surface area contributed by atoms with Gasteiger partial charge in [0.2, 0.25) is 0 Å². The summed E-state index contributed by atoms with van der Waals surface area (Å²) in [5.41, 5.74) is 10.8. The largest absolute Gasteiger partial charge is 0.456 e. The van der Waals surface area contributed by atoms with E-state index < -0.39 is 0 Å². The number of nitrogens with zero attached hydrogens (tertiary/aromatic N) is 3. The molecule has 13 aromatic rings. The lowest BCUT2D eigenvalue weighted by Gasteiger charge is -2.32. The van der Waals surface area contributed by atoms with E-state index in [0.717, 1.165) is 67.6 Å². The smallest absolute Gasteiger partial charge is 0.155 e. The van der Waals surface area contributed by atoms with Gasteiger partial charge in [0.1, 0.15) is 11.2 Å². The van der Waals surface area contributed by atoms with Crippen molar-refractivity contribution in [3.05, 3.63) is 210 Å². The Hall–Kier alpha value is -7.86. The van der Waals surface area contributed by atoms with E-state index in [9.17, 15) is 0 Å². The Balaban J connectivity index is 1.07. The van der Waals surface area contributed by atoms with E-state index in [2.05, 4.69) is 193 Å². The number of aliphatic imine (C=N–C) groups is 2. The summed E-state index contributed by atoms with van der Waals surface area (Å²) in [7, 11) is 0. The molecule has 0 saturated carbocycles. The second-order valence-corrected chi connectivity index (χ2v) is 18.7. The Morgan fingerprint density at radius 3 is 2.00 bits per heavy atom. The van der Waals surface area contributed by atoms with Crippen molar-refractivity contribution in [1.29, 1.82) is 0 Å². The van der Waals surface area contributed by atoms with Gasteiger partial charge >= 0.3 is 0 Å². The van der Waals surface area contributed by atoms with Crippen LogP contribution in [0.3, 0.4) is 0 Å². The minimum Gasteiger partial charge on any atom is -0.456 e. The maximum Gasteiger partial charge on any atom is 0.155 e. The van der Waals surface area contributed by atoms with Crippen LogP contribution in [0.1, 0.15) is 28.3 Å². The summed E-state index contributed by atoms with van der Waals surface area (Å²) in [4.78, 5) is 11.6. The maximum absolute atomic E-state index is 6.89. The summed E-state index contributed by atoms with van der Waals surface area (Å²) in [5.74, 6) is 0.684. The molecule has 2 bridgehead atoms. The van der Waals surface area contributed by atoms with Gasteiger partial charge in [0.05, 0.1) is 28.5 Å². The molecule has 0 radical (unpaired) electrons. The van der Waals surface area contributed by atoms with Gasteiger partial charge in [-0.25, -0.2) is 4.99 Å². The molecule has 10 aromatic carbocycles. The lowest BCUT2D eigenvalue weighted by Crippen LogP contribution is -2.31. The van der Waals surface area contributed by atoms with Crippen molar-refractivity contribution in [2.24, 2.45) is 15.9 Å². The van der Waals surface area contributed by atoms with Gasteiger partial charge in [-0.3, -0.25) is 4.99 Å². The quantitative estimate of drug-likeness (QED) is 0.171. The molecule has 0 aliphatic carbocycles. The number of hydrogen-bond donors (Lipinski definition) is 0. The molecule has 2 aliphatic heterocycles. The molecule has 0 fully saturated rings. The topological polar surface area (TPSA) is 42.8 Å². The molecule has 0 amide bonds. The monoisotopic (exact) mass is 833 g/mol. The van der Waals surface area contributed by atoms with Crippen LogP contribution in [0, 0.1) is 5.92 Å². The van der Waals surface area contributed by atoms with Gasteiger partial charge in [0, 0.05) is 64.8 Å². The first-order chi connectivity index (χ1) is 31.7. The summed E-state index contributed by atoms with van der Waals surface area (Å²) in [6.45, 7) is 0. The van der Waals surface area contributed by atoms with Crippen molar-refractivity contribution >= 4 is 119 Å². The average molecular weight is 834 g/mol. The minimum absolute atomic E-state index is 0.0769. The van der Waals surface area contributed by atoms with Crippen molar-refractivity contribution in [3.63, 3.8) is 0 Å². The first-order valence-corrected chi connectivity index (χ1v) is 22.9. The van der Waals surface area contributed by atoms with Crippen molar-refractivity contribution < 1.29 is 4.42 Å². The normalized spacial score (nSPS) is 16.2. The second-order valence-electron chi connectivity index (χ2n) is 17.6. The summed E-state index contributed by atoms with van der Waals surface area (Å²) in [6.07, 6.45) is 0.770. The van der Waals surface area contributed by atoms with Gasteiger partial charge in [0.25, 0.3) is 0 Å². The number of rotatable bonds is 2. The molecule has 4 nitrogen and oxygen atoms in total. The molecule has 0 saturated heterocycles. The first-order valence-electron chi connectivity index (χ1n) is 22.1. The van der Waals surface area contributed by atoms with Crippen LogP contribution in [0.5, 0.6) is 0 Å². The van der Waals surface area contributed by atoms with Crippen LogP contribution < -0.4 is 0 Å². The number of benzene rings is 10. The highest BCUT2D eigenvalue weighted by Gasteiger charge is 2.37. The highest BCUT2D eigenvalue weighted by atomic mass is 32.1. The van der Waals surface area contributed by atoms with Gasteiger partial charge in [-0.1, -0.05) is 133 Å². The molecule has 15 rings (SSSR count). The van der Waals surface area contributed by atoms with E-state index in [4.69, 9.17) is 14.4 Å². The molecule has 2 unspecified atom stereocenters. The van der Waals surface area contributed by atoms with Gasteiger partial charge < -0.3 is 8.98 Å². The fourth-order valence-corrected chi connectivity index (χ4v) is 12.3. The third-order valence-electron chi connectivity index (χ3n) is 14.1. The van der Waals surface area contributed by atoms with Crippen molar-refractivity contribution in [1.82, 2.24) is 4.57 Å². The van der Waals surface area contributed by atoms with Crippen molar-refractivity contribution in [2.75, 3.05) is 0 Å². The van der Waals surface area contributed by atoms with E-state index >= 15 is 0 Å². The predicted molar refractivity (Wildman–Crippen MR) is 269 cm³/mol. The molecular weight excluding hydrogens is 799 g/mol. The van der Waals surface area contributed by atoms with E-state index in [0.29, 0.717) is 0 Å². The van der Waals surface area contributed by atoms with Gasteiger partial charge in [-0.05, 0) is 98.4 Å². The molecule has 5 heterocycles. The zero-order valence-electron chi connectivity index (χ0n) is 34.4. The molecule has 298 valence electrons. The van der Waals surface area contributed by atoms with Crippen LogP contribution >= 0.6 is 11.3 Å². The molecule has 64 heavy (non-hydrogen) atoms. The molecule has 2 atom stereocenters. The number of aromatic nitrogens is 1. The van der Waals surface area contributed by atoms with Gasteiger partial charge in [0.15, 0.2) is 5.84 Å². The van der Waals surface area contributed by atoms with Crippen LogP contribution in [0.15, 0.2) is 202 Å². The Morgan fingerprint density at radius 2 is 1.14 bits per heavy atom. The van der Waals surface area contributed by atoms with Crippen LogP contribution in [0.25, 0.3) is 102 Å². The molecule has 0 spiro atoms. The fraction of sp³-hybridized carbons (Fsp3) is 0.0508. The van der Waals surface area contributed by atoms with Crippen molar-refractivity contribution in [2.45, 2.75) is 12.5 Å². The van der Waals surface area contributed by atoms with E-state index in [1.165, 1.54) is 74.5 Å². The number of thiophene rings is 1. The standard InChI is InChI=1S/C59H35N3OS/c1-3-13-37-28-51-45(26-35(37)11-1)41-22-20-33-24-49-57(44-18-9-15-34-10-5-6-16-40(34)44)60-59(39-21-23-43-42-17-7-8-19-55(42)64-56(43)30-39)61-58(49)48-31-47-46-27-36-12-2-4-14-38(36)29-53(46)63-54(47)32-52(48)62(51)50(41)25-33/h1-23,25-32,49,57H,24H2. The summed E-state index contributed by atoms with van der Waals surface area (Å²) in [6, 6.07) is 69.1. The molecule has 0 N–H and O–H groups in total. The van der Waals surface area contributed by atoms with Crippen LogP contribution in [-0.2, 0) is 6.42 Å². The zero-order valence-corrected chi connectivity index (χ0v) is 35.2. The predicted octanol–water partition coefficient (Wildman–Crippen LogP) is 15.7. The van der Waals surface area contributed by atoms with Crippen molar-refractivity contribution in [3.8, 4) is 5.69 Å². The fourth-order valence-electron chi connectivity index (χ4n) is 11.1. The van der Waals surface area contributed by atoms with Crippen LogP contribution in [-0.4, -0.2) is 16.1 Å². The van der Waals surface area contributed by atoms with Crippen LogP contribution in [0.4, 0.5) is 0 Å². The zero-order chi connectivity index (χ0) is 41.6. The molecule has 3 aromatic heterocycles. The Labute approximate surface area is 370 Å². The lowest BCUT2D eigenvalue weighted by molar-refractivity contribution is 0.548. The molecule has 2 aliphatic rings. The maximum atomic E-state index is 6.89. The molecule has 5 heteroatoms. The Bertz CT molecular complexity index is 4250. The van der Waals surface area contributed by atoms with Gasteiger partial charge in [-0.15, -0.1) is 11.3 Å². The second kappa shape index (κ2) is 12.9. The summed E-state index contributed by atoms with van der Waals surface area (Å²) in [5, 5.41) is 14.4. The average Bonchev–Trinajstić information content (AvgIpc) is 4.00. The van der Waals surface area contributed by atoms with E-state index in [1.54, 1.807) is 0 Å². The Morgan fingerprint density at radius 1 is 0.484 bits per heavy atom.